The number of para-hydroxylation sites is 1. The van der Waals surface area contributed by atoms with Gasteiger partial charge in [-0.1, -0.05) is 18.2 Å². The molecule has 19 heavy (non-hydrogen) atoms. The van der Waals surface area contributed by atoms with Crippen LogP contribution in [0.2, 0.25) is 0 Å². The second-order valence-corrected chi connectivity index (χ2v) is 4.43. The van der Waals surface area contributed by atoms with E-state index in [0.29, 0.717) is 6.42 Å². The van der Waals surface area contributed by atoms with Crippen molar-refractivity contribution in [2.75, 3.05) is 7.05 Å². The third kappa shape index (κ3) is 2.93. The number of carbonyl (C=O) groups is 2. The van der Waals surface area contributed by atoms with Crippen molar-refractivity contribution in [2.24, 2.45) is 0 Å². The maximum Gasteiger partial charge on any atom is 0.242 e. The van der Waals surface area contributed by atoms with E-state index in [-0.39, 0.29) is 11.8 Å². The van der Waals surface area contributed by atoms with E-state index < -0.39 is 6.04 Å². The molecule has 2 amide bonds. The summed E-state index contributed by atoms with van der Waals surface area (Å²) in [6.07, 6.45) is 2.34. The predicted molar refractivity (Wildman–Crippen MR) is 73.7 cm³/mol. The Labute approximate surface area is 111 Å². The van der Waals surface area contributed by atoms with Crippen molar-refractivity contribution in [1.82, 2.24) is 15.6 Å². The minimum Gasteiger partial charge on any atom is -0.361 e. The van der Waals surface area contributed by atoms with Crippen molar-refractivity contribution in [3.05, 3.63) is 36.0 Å². The van der Waals surface area contributed by atoms with Crippen LogP contribution in [0.1, 0.15) is 12.5 Å². The molecule has 2 rings (SSSR count). The van der Waals surface area contributed by atoms with Crippen LogP contribution in [0.3, 0.4) is 0 Å². The van der Waals surface area contributed by atoms with E-state index in [2.05, 4.69) is 15.6 Å². The Hall–Kier alpha value is -2.30. The Morgan fingerprint density at radius 1 is 1.32 bits per heavy atom. The van der Waals surface area contributed by atoms with Gasteiger partial charge in [0, 0.05) is 37.5 Å². The lowest BCUT2D eigenvalue weighted by Gasteiger charge is -2.15. The summed E-state index contributed by atoms with van der Waals surface area (Å²) in [6, 6.07) is 7.32. The minimum absolute atomic E-state index is 0.194. The number of rotatable bonds is 4. The molecule has 5 heteroatoms. The molecule has 0 aliphatic heterocycles. The van der Waals surface area contributed by atoms with Gasteiger partial charge in [-0.05, 0) is 11.6 Å². The van der Waals surface area contributed by atoms with Gasteiger partial charge in [0.2, 0.25) is 11.8 Å². The summed E-state index contributed by atoms with van der Waals surface area (Å²) in [6.45, 7) is 1.41. The topological polar surface area (TPSA) is 74.0 Å². The van der Waals surface area contributed by atoms with Crippen LogP contribution in [0, 0.1) is 0 Å². The highest BCUT2D eigenvalue weighted by molar-refractivity contribution is 5.88. The van der Waals surface area contributed by atoms with Gasteiger partial charge in [-0.15, -0.1) is 0 Å². The van der Waals surface area contributed by atoms with Gasteiger partial charge in [0.05, 0.1) is 0 Å². The maximum absolute atomic E-state index is 11.8. The smallest absolute Gasteiger partial charge is 0.242 e. The molecule has 1 aromatic carbocycles. The highest BCUT2D eigenvalue weighted by atomic mass is 16.2. The van der Waals surface area contributed by atoms with Crippen LogP contribution in [0.25, 0.3) is 10.9 Å². The first-order valence-electron chi connectivity index (χ1n) is 6.15. The van der Waals surface area contributed by atoms with Gasteiger partial charge in [-0.3, -0.25) is 9.59 Å². The molecule has 0 fully saturated rings. The van der Waals surface area contributed by atoms with Crippen LogP contribution in [-0.4, -0.2) is 29.9 Å². The molecule has 0 aliphatic rings. The number of aromatic nitrogens is 1. The number of carbonyl (C=O) groups excluding carboxylic acids is 2. The summed E-state index contributed by atoms with van der Waals surface area (Å²) in [5, 5.41) is 6.31. The van der Waals surface area contributed by atoms with Crippen LogP contribution >= 0.6 is 0 Å². The third-order valence-corrected chi connectivity index (χ3v) is 3.04. The summed E-state index contributed by atoms with van der Waals surface area (Å²) in [5.41, 5.74) is 2.04. The average molecular weight is 259 g/mol. The average Bonchev–Trinajstić information content (AvgIpc) is 2.80. The van der Waals surface area contributed by atoms with Gasteiger partial charge in [-0.25, -0.2) is 0 Å². The molecular weight excluding hydrogens is 242 g/mol. The molecule has 1 aromatic heterocycles. The zero-order valence-corrected chi connectivity index (χ0v) is 11.0. The lowest BCUT2D eigenvalue weighted by Crippen LogP contribution is -2.46. The SMILES string of the molecule is CNC(=O)[C@@H](Cc1c[nH]c2ccccc12)NC(C)=O. The van der Waals surface area contributed by atoms with E-state index in [9.17, 15) is 9.59 Å². The second kappa shape index (κ2) is 5.56. The van der Waals surface area contributed by atoms with Crippen LogP contribution < -0.4 is 10.6 Å². The molecule has 0 saturated heterocycles. The molecule has 100 valence electrons. The predicted octanol–water partition coefficient (Wildman–Crippen LogP) is 0.961. The summed E-state index contributed by atoms with van der Waals surface area (Å²) in [4.78, 5) is 26.1. The Bertz CT molecular complexity index is 604. The lowest BCUT2D eigenvalue weighted by atomic mass is 10.0. The van der Waals surface area contributed by atoms with Gasteiger partial charge >= 0.3 is 0 Å². The number of hydrogen-bond acceptors (Lipinski definition) is 2. The molecule has 3 N–H and O–H groups in total. The van der Waals surface area contributed by atoms with E-state index in [4.69, 9.17) is 0 Å². The number of amides is 2. The molecule has 0 saturated carbocycles. The van der Waals surface area contributed by atoms with Gasteiger partial charge in [0.1, 0.15) is 6.04 Å². The fourth-order valence-corrected chi connectivity index (χ4v) is 2.15. The normalized spacial score (nSPS) is 12.1. The van der Waals surface area contributed by atoms with E-state index >= 15 is 0 Å². The molecule has 2 aromatic rings. The van der Waals surface area contributed by atoms with E-state index in [0.717, 1.165) is 16.5 Å². The molecule has 1 atom stereocenters. The number of H-pyrrole nitrogens is 1. The Morgan fingerprint density at radius 2 is 2.05 bits per heavy atom. The van der Waals surface area contributed by atoms with Crippen LogP contribution in [-0.2, 0) is 16.0 Å². The first kappa shape index (κ1) is 13.1. The number of nitrogens with one attached hydrogen (secondary N) is 3. The molecule has 1 heterocycles. The quantitative estimate of drug-likeness (QED) is 0.765. The van der Waals surface area contributed by atoms with Crippen molar-refractivity contribution in [3.8, 4) is 0 Å². The van der Waals surface area contributed by atoms with Crippen molar-refractivity contribution in [3.63, 3.8) is 0 Å². The minimum atomic E-state index is -0.554. The highest BCUT2D eigenvalue weighted by Gasteiger charge is 2.20. The van der Waals surface area contributed by atoms with E-state index in [1.54, 1.807) is 7.05 Å². The molecule has 0 bridgehead atoms. The second-order valence-electron chi connectivity index (χ2n) is 4.43. The number of hydrogen-bond donors (Lipinski definition) is 3. The van der Waals surface area contributed by atoms with Crippen LogP contribution in [0.4, 0.5) is 0 Å². The fraction of sp³-hybridized carbons (Fsp3) is 0.286. The highest BCUT2D eigenvalue weighted by Crippen LogP contribution is 2.19. The van der Waals surface area contributed by atoms with Crippen molar-refractivity contribution in [2.45, 2.75) is 19.4 Å². The van der Waals surface area contributed by atoms with Gasteiger partial charge in [-0.2, -0.15) is 0 Å². The van der Waals surface area contributed by atoms with E-state index in [1.165, 1.54) is 6.92 Å². The first-order chi connectivity index (χ1) is 9.11. The van der Waals surface area contributed by atoms with E-state index in [1.807, 2.05) is 30.5 Å². The molecule has 0 spiro atoms. The number of aromatic amines is 1. The molecule has 5 nitrogen and oxygen atoms in total. The van der Waals surface area contributed by atoms with Crippen molar-refractivity contribution in [1.29, 1.82) is 0 Å². The largest absolute Gasteiger partial charge is 0.361 e. The third-order valence-electron chi connectivity index (χ3n) is 3.04. The fourth-order valence-electron chi connectivity index (χ4n) is 2.15. The van der Waals surface area contributed by atoms with Gasteiger partial charge in [0.15, 0.2) is 0 Å². The first-order valence-corrected chi connectivity index (χ1v) is 6.15. The number of benzene rings is 1. The monoisotopic (exact) mass is 259 g/mol. The molecule has 0 aliphatic carbocycles. The number of likely N-dealkylation sites (N-methyl/N-ethyl adjacent to an activating group) is 1. The van der Waals surface area contributed by atoms with Gasteiger partial charge < -0.3 is 15.6 Å². The molecule has 0 unspecified atom stereocenters. The molecule has 0 radical (unpaired) electrons. The summed E-state index contributed by atoms with van der Waals surface area (Å²) >= 11 is 0. The Morgan fingerprint density at radius 3 is 2.74 bits per heavy atom. The maximum atomic E-state index is 11.8. The van der Waals surface area contributed by atoms with Crippen molar-refractivity contribution >= 4 is 22.7 Å². The Kier molecular flexibility index (Phi) is 3.85. The zero-order valence-electron chi connectivity index (χ0n) is 11.0. The van der Waals surface area contributed by atoms with Crippen LogP contribution in [0.5, 0.6) is 0 Å². The van der Waals surface area contributed by atoms with Gasteiger partial charge in [0.25, 0.3) is 0 Å². The lowest BCUT2D eigenvalue weighted by molar-refractivity contribution is -0.127. The Balaban J connectivity index is 2.25. The zero-order chi connectivity index (χ0) is 13.8. The standard InChI is InChI=1S/C14H17N3O2/c1-9(18)17-13(14(19)15-2)7-10-8-16-12-6-4-3-5-11(10)12/h3-6,8,13,16H,7H2,1-2H3,(H,15,19)(H,17,18)/t13-/m1/s1. The van der Waals surface area contributed by atoms with Crippen LogP contribution in [0.15, 0.2) is 30.5 Å². The number of fused-ring (bicyclic) bond motifs is 1. The summed E-state index contributed by atoms with van der Waals surface area (Å²) in [5.74, 6) is -0.408. The summed E-state index contributed by atoms with van der Waals surface area (Å²) < 4.78 is 0. The summed E-state index contributed by atoms with van der Waals surface area (Å²) in [7, 11) is 1.56. The van der Waals surface area contributed by atoms with Crippen molar-refractivity contribution < 1.29 is 9.59 Å². The molecular formula is C14H17N3O2.